The van der Waals surface area contributed by atoms with Crippen molar-refractivity contribution < 1.29 is 9.32 Å². The molecule has 0 aliphatic rings. The molecular formula is C20H21ClN4O2S. The molecule has 146 valence electrons. The molecule has 2 aromatic heterocycles. The second kappa shape index (κ2) is 9.03. The first-order chi connectivity index (χ1) is 13.5. The fraction of sp³-hybridized carbons (Fsp3) is 0.250. The monoisotopic (exact) mass is 416 g/mol. The van der Waals surface area contributed by atoms with Gasteiger partial charge in [0.05, 0.1) is 15.8 Å². The van der Waals surface area contributed by atoms with Crippen molar-refractivity contribution in [3.8, 4) is 11.3 Å². The summed E-state index contributed by atoms with van der Waals surface area (Å²) in [6.45, 7) is 3.18. The Kier molecular flexibility index (Phi) is 6.49. The topological polar surface area (TPSA) is 82.2 Å². The molecule has 2 heterocycles. The van der Waals surface area contributed by atoms with Crippen LogP contribution < -0.4 is 5.32 Å². The number of hydrogen-bond donors (Lipinski definition) is 2. The van der Waals surface area contributed by atoms with E-state index in [1.165, 1.54) is 11.3 Å². The van der Waals surface area contributed by atoms with E-state index in [-0.39, 0.29) is 12.5 Å². The Morgan fingerprint density at radius 3 is 2.68 bits per heavy atom. The molecule has 0 unspecified atom stereocenters. The fourth-order valence-corrected chi connectivity index (χ4v) is 3.65. The van der Waals surface area contributed by atoms with Gasteiger partial charge in [-0.25, -0.2) is 0 Å². The van der Waals surface area contributed by atoms with Crippen LogP contribution in [-0.2, 0) is 6.54 Å². The Morgan fingerprint density at radius 1 is 1.29 bits per heavy atom. The minimum absolute atomic E-state index is 0.200. The predicted octanol–water partition coefficient (Wildman–Crippen LogP) is 4.65. The van der Waals surface area contributed by atoms with Crippen molar-refractivity contribution in [1.29, 1.82) is 5.41 Å². The summed E-state index contributed by atoms with van der Waals surface area (Å²) in [5.41, 5.74) is 2.43. The van der Waals surface area contributed by atoms with Gasteiger partial charge in [-0.15, -0.1) is 11.3 Å². The highest BCUT2D eigenvalue weighted by molar-refractivity contribution is 7.17. The quantitative estimate of drug-likeness (QED) is 0.433. The largest absolute Gasteiger partial charge is 0.360 e. The summed E-state index contributed by atoms with van der Waals surface area (Å²) in [6, 6.07) is 12.8. The number of carbonyl (C=O) groups is 1. The molecule has 1 aromatic carbocycles. The number of aromatic nitrogens is 1. The number of benzene rings is 1. The number of rotatable bonds is 7. The molecule has 0 aliphatic heterocycles. The molecule has 0 radical (unpaired) electrons. The van der Waals surface area contributed by atoms with E-state index >= 15 is 0 Å². The predicted molar refractivity (Wildman–Crippen MR) is 112 cm³/mol. The Morgan fingerprint density at radius 2 is 2.04 bits per heavy atom. The highest BCUT2D eigenvalue weighted by Gasteiger charge is 2.12. The van der Waals surface area contributed by atoms with Crippen LogP contribution in [0.3, 0.4) is 0 Å². The van der Waals surface area contributed by atoms with Crippen LogP contribution in [0, 0.1) is 5.41 Å². The molecule has 0 atom stereocenters. The fourth-order valence-electron chi connectivity index (χ4n) is 2.69. The average Bonchev–Trinajstić information content (AvgIpc) is 3.35. The van der Waals surface area contributed by atoms with Gasteiger partial charge in [-0.05, 0) is 18.6 Å². The third-order valence-electron chi connectivity index (χ3n) is 4.17. The summed E-state index contributed by atoms with van der Waals surface area (Å²) in [5.74, 6) is 0.852. The summed E-state index contributed by atoms with van der Waals surface area (Å²) in [7, 11) is 1.92. The molecule has 0 bridgehead atoms. The zero-order valence-corrected chi connectivity index (χ0v) is 17.2. The van der Waals surface area contributed by atoms with Gasteiger partial charge in [0, 0.05) is 30.8 Å². The average molecular weight is 417 g/mol. The lowest BCUT2D eigenvalue weighted by Gasteiger charge is -2.19. The zero-order valence-electron chi connectivity index (χ0n) is 15.7. The van der Waals surface area contributed by atoms with Gasteiger partial charge in [-0.3, -0.25) is 10.2 Å². The van der Waals surface area contributed by atoms with Crippen molar-refractivity contribution in [2.75, 3.05) is 13.6 Å². The van der Waals surface area contributed by atoms with Crippen LogP contribution in [0.25, 0.3) is 11.3 Å². The van der Waals surface area contributed by atoms with Gasteiger partial charge in [0.25, 0.3) is 5.91 Å². The zero-order chi connectivity index (χ0) is 20.1. The van der Waals surface area contributed by atoms with Crippen molar-refractivity contribution >= 4 is 34.7 Å². The van der Waals surface area contributed by atoms with Crippen LogP contribution in [-0.4, -0.2) is 35.4 Å². The van der Waals surface area contributed by atoms with Gasteiger partial charge < -0.3 is 14.7 Å². The molecule has 2 N–H and O–H groups in total. The number of carbonyl (C=O) groups excluding carboxylic acids is 1. The van der Waals surface area contributed by atoms with Crippen LogP contribution in [0.15, 0.2) is 47.0 Å². The van der Waals surface area contributed by atoms with Crippen LogP contribution in [0.5, 0.6) is 0 Å². The van der Waals surface area contributed by atoms with Crippen molar-refractivity contribution in [2.24, 2.45) is 0 Å². The van der Waals surface area contributed by atoms with Gasteiger partial charge >= 0.3 is 0 Å². The summed E-state index contributed by atoms with van der Waals surface area (Å²) < 4.78 is 5.89. The lowest BCUT2D eigenvalue weighted by molar-refractivity contribution is 0.0951. The first-order valence-electron chi connectivity index (χ1n) is 8.87. The van der Waals surface area contributed by atoms with Crippen molar-refractivity contribution in [2.45, 2.75) is 19.9 Å². The van der Waals surface area contributed by atoms with Crippen molar-refractivity contribution in [3.05, 3.63) is 63.0 Å². The van der Waals surface area contributed by atoms with Gasteiger partial charge in [-0.2, -0.15) is 0 Å². The number of nitrogens with zero attached hydrogens (tertiary/aromatic N) is 2. The maximum Gasteiger partial charge on any atom is 0.261 e. The summed E-state index contributed by atoms with van der Waals surface area (Å²) in [5, 5.41) is 15.1. The van der Waals surface area contributed by atoms with E-state index in [0.717, 1.165) is 24.1 Å². The van der Waals surface area contributed by atoms with E-state index in [4.69, 9.17) is 21.5 Å². The second-order valence-corrected chi connectivity index (χ2v) is 8.03. The summed E-state index contributed by atoms with van der Waals surface area (Å²) in [4.78, 5) is 14.5. The number of thiophene rings is 1. The van der Waals surface area contributed by atoms with E-state index in [9.17, 15) is 4.79 Å². The lowest BCUT2D eigenvalue weighted by Crippen LogP contribution is -2.27. The highest BCUT2D eigenvalue weighted by atomic mass is 35.5. The summed E-state index contributed by atoms with van der Waals surface area (Å²) >= 11 is 7.08. The number of halogens is 1. The number of amides is 1. The van der Waals surface area contributed by atoms with E-state index in [0.29, 0.717) is 26.5 Å². The van der Waals surface area contributed by atoms with Gasteiger partial charge in [0.1, 0.15) is 11.5 Å². The van der Waals surface area contributed by atoms with E-state index < -0.39 is 0 Å². The number of amidine groups is 1. The first kappa shape index (κ1) is 20.1. The highest BCUT2D eigenvalue weighted by Crippen LogP contribution is 2.22. The standard InChI is InChI=1S/C20H21ClN4O2S/c1-3-10-25(2)19(22)14-6-4-13(5-7-14)16-11-15(27-24-16)12-23-20(26)17-8-9-18(21)28-17/h4-9,11,22H,3,10,12H2,1-2H3,(H,23,26). The molecule has 6 nitrogen and oxygen atoms in total. The number of nitrogens with one attached hydrogen (secondary N) is 2. The smallest absolute Gasteiger partial charge is 0.261 e. The molecule has 8 heteroatoms. The lowest BCUT2D eigenvalue weighted by atomic mass is 10.1. The summed E-state index contributed by atoms with van der Waals surface area (Å²) in [6.07, 6.45) is 0.995. The molecule has 0 saturated heterocycles. The molecule has 0 spiro atoms. The molecule has 1 amide bonds. The first-order valence-corrected chi connectivity index (χ1v) is 10.1. The Hall–Kier alpha value is -2.64. The molecule has 0 fully saturated rings. The molecule has 3 aromatic rings. The van der Waals surface area contributed by atoms with Crippen LogP contribution in [0.2, 0.25) is 4.34 Å². The molecule has 0 saturated carbocycles. The minimum atomic E-state index is -0.200. The van der Waals surface area contributed by atoms with Gasteiger partial charge in [0.2, 0.25) is 0 Å². The molecule has 3 rings (SSSR count). The third kappa shape index (κ3) is 4.79. The molecule has 28 heavy (non-hydrogen) atoms. The van der Waals surface area contributed by atoms with E-state index in [1.54, 1.807) is 18.2 Å². The number of hydrogen-bond acceptors (Lipinski definition) is 5. The van der Waals surface area contributed by atoms with Gasteiger partial charge in [0.15, 0.2) is 5.76 Å². The SMILES string of the molecule is CCCN(C)C(=N)c1ccc(-c2cc(CNC(=O)c3ccc(Cl)s3)on2)cc1. The van der Waals surface area contributed by atoms with Crippen molar-refractivity contribution in [1.82, 2.24) is 15.4 Å². The second-order valence-electron chi connectivity index (χ2n) is 6.31. The molecular weight excluding hydrogens is 396 g/mol. The third-order valence-corrected chi connectivity index (χ3v) is 5.40. The van der Waals surface area contributed by atoms with Crippen LogP contribution in [0.4, 0.5) is 0 Å². The van der Waals surface area contributed by atoms with Crippen LogP contribution in [0.1, 0.15) is 34.3 Å². The van der Waals surface area contributed by atoms with Crippen LogP contribution >= 0.6 is 22.9 Å². The maximum atomic E-state index is 12.1. The Balaban J connectivity index is 1.62. The Labute approximate surface area is 172 Å². The van der Waals surface area contributed by atoms with Crippen molar-refractivity contribution in [3.63, 3.8) is 0 Å². The minimum Gasteiger partial charge on any atom is -0.360 e. The van der Waals surface area contributed by atoms with Gasteiger partial charge in [-0.1, -0.05) is 47.9 Å². The maximum absolute atomic E-state index is 12.1. The normalized spacial score (nSPS) is 10.7. The molecule has 0 aliphatic carbocycles. The Bertz CT molecular complexity index is 965. The van der Waals surface area contributed by atoms with E-state index in [2.05, 4.69) is 17.4 Å². The van der Waals surface area contributed by atoms with E-state index in [1.807, 2.05) is 36.2 Å².